The molecule has 0 atom stereocenters. The Hall–Kier alpha value is 4.02. The molecule has 0 radical (unpaired) electrons. The second-order valence-electron chi connectivity index (χ2n) is 0.447. The van der Waals surface area contributed by atoms with Crippen LogP contribution in [0.3, 0.4) is 0 Å². The van der Waals surface area contributed by atoms with E-state index < -0.39 is 14.5 Å². The fourth-order valence-corrected chi connectivity index (χ4v) is 0. The molecular formula is C3H9AsCa3O4. The molecule has 0 bridgehead atoms. The maximum absolute atomic E-state index is 8.61. The van der Waals surface area contributed by atoms with Crippen LogP contribution >= 0.6 is 0 Å². The SMILES string of the molecule is O=[As]([O-])([O-])[O-].[CH3][Ca+].[CH3][Ca+].[CH3][Ca+]. The van der Waals surface area contributed by atoms with Crippen LogP contribution in [0.4, 0.5) is 0 Å². The summed E-state index contributed by atoms with van der Waals surface area (Å²) in [5.74, 6) is 0. The normalized spacial score (nSPS) is 7.27. The van der Waals surface area contributed by atoms with Crippen molar-refractivity contribution in [3.05, 3.63) is 0 Å². The van der Waals surface area contributed by atoms with Gasteiger partial charge in [0.05, 0.1) is 0 Å². The molecule has 0 saturated heterocycles. The van der Waals surface area contributed by atoms with Gasteiger partial charge in [0.2, 0.25) is 0 Å². The van der Waals surface area contributed by atoms with Crippen molar-refractivity contribution in [2.24, 2.45) is 0 Å². The van der Waals surface area contributed by atoms with Crippen LogP contribution in [0.5, 0.6) is 0 Å². The van der Waals surface area contributed by atoms with E-state index in [0.29, 0.717) is 0 Å². The molecule has 0 aliphatic carbocycles. The molecule has 0 aliphatic heterocycles. The third-order valence-corrected chi connectivity index (χ3v) is 0. The summed E-state index contributed by atoms with van der Waals surface area (Å²) in [5, 5.41) is 0. The van der Waals surface area contributed by atoms with Crippen molar-refractivity contribution in [3.8, 4) is 0 Å². The summed E-state index contributed by atoms with van der Waals surface area (Å²) in [6, 6.07) is 0. The van der Waals surface area contributed by atoms with Crippen LogP contribution in [0, 0.1) is 0 Å². The van der Waals surface area contributed by atoms with Gasteiger partial charge >= 0.3 is 147 Å². The van der Waals surface area contributed by atoms with Crippen molar-refractivity contribution < 1.29 is 16.0 Å². The third-order valence-electron chi connectivity index (χ3n) is 0. The molecule has 56 valence electrons. The molecule has 0 aromatic heterocycles. The van der Waals surface area contributed by atoms with E-state index in [-0.39, 0.29) is 0 Å². The van der Waals surface area contributed by atoms with Gasteiger partial charge in [-0.2, -0.15) is 0 Å². The first-order valence-corrected chi connectivity index (χ1v) is 12.5. The van der Waals surface area contributed by atoms with Gasteiger partial charge in [-0.05, 0) is 0 Å². The third kappa shape index (κ3) is 125. The molecule has 0 N–H and O–H groups in total. The molecular weight excluding hydrogens is 295 g/mol. The molecule has 8 heteroatoms. The summed E-state index contributed by atoms with van der Waals surface area (Å²) < 4.78 is 40.8. The Bertz CT molecular complexity index is 66.7. The average Bonchev–Trinajstić information content (AvgIpc) is 1.96. The van der Waals surface area contributed by atoms with E-state index in [1.54, 1.807) is 0 Å². The zero-order valence-corrected chi connectivity index (χ0v) is 15.7. The van der Waals surface area contributed by atoms with Crippen LogP contribution in [0.25, 0.3) is 0 Å². The number of rotatable bonds is 0. The van der Waals surface area contributed by atoms with Gasteiger partial charge in [-0.25, -0.2) is 0 Å². The summed E-state index contributed by atoms with van der Waals surface area (Å²) >= 11 is -1.75. The second kappa shape index (κ2) is 23.7. The molecule has 4 nitrogen and oxygen atoms in total. The van der Waals surface area contributed by atoms with Crippen LogP contribution in [0.2, 0.25) is 9.06 Å². The Balaban J connectivity index is -0.0000000350. The summed E-state index contributed by atoms with van der Waals surface area (Å²) in [6.45, 7) is 0. The van der Waals surface area contributed by atoms with Crippen molar-refractivity contribution in [1.82, 2.24) is 0 Å². The van der Waals surface area contributed by atoms with Gasteiger partial charge in [0.25, 0.3) is 0 Å². The Morgan fingerprint density at radius 3 is 0.818 bits per heavy atom. The molecule has 0 saturated carbocycles. The minimum absolute atomic E-state index is 1.38. The molecule has 0 amide bonds. The first-order valence-electron chi connectivity index (χ1n) is 2.85. The predicted molar refractivity (Wildman–Crippen MR) is 41.3 cm³/mol. The number of hydrogen-bond acceptors (Lipinski definition) is 4. The minimum atomic E-state index is -5.88. The van der Waals surface area contributed by atoms with Gasteiger partial charge in [-0.1, -0.05) is 0 Å². The van der Waals surface area contributed by atoms with Gasteiger partial charge in [0.15, 0.2) is 0 Å². The van der Waals surface area contributed by atoms with Gasteiger partial charge in [-0.15, -0.1) is 0 Å². The Morgan fingerprint density at radius 1 is 0.818 bits per heavy atom. The Kier molecular flexibility index (Phi) is 52.3. The molecule has 0 aliphatic rings. The molecule has 0 aromatic carbocycles. The molecule has 0 aromatic rings. The van der Waals surface area contributed by atoms with E-state index in [1.807, 2.05) is 0 Å². The fourth-order valence-electron chi connectivity index (χ4n) is 0. The topological polar surface area (TPSA) is 86.2 Å². The first-order chi connectivity index (χ1) is 5.00. The summed E-state index contributed by atoms with van der Waals surface area (Å²) in [6.07, 6.45) is 0. The van der Waals surface area contributed by atoms with E-state index >= 15 is 0 Å². The molecule has 0 rings (SSSR count). The summed E-state index contributed by atoms with van der Waals surface area (Å²) in [5.41, 5.74) is 0. The average molecular weight is 304 g/mol. The van der Waals surface area contributed by atoms with Crippen LogP contribution in [-0.4, -0.2) is 122 Å². The van der Waals surface area contributed by atoms with Gasteiger partial charge in [0.1, 0.15) is 0 Å². The monoisotopic (exact) mass is 304 g/mol. The zero-order chi connectivity index (χ0) is 10.5. The van der Waals surface area contributed by atoms with Gasteiger partial charge < -0.3 is 0 Å². The quantitative estimate of drug-likeness (QED) is 0.435. The van der Waals surface area contributed by atoms with Crippen molar-refractivity contribution in [2.75, 3.05) is 0 Å². The van der Waals surface area contributed by atoms with E-state index in [4.69, 9.17) is 16.0 Å². The molecule has 0 spiro atoms. The van der Waals surface area contributed by atoms with Crippen molar-refractivity contribution in [3.63, 3.8) is 0 Å². The van der Waals surface area contributed by atoms with Crippen LogP contribution in [0.1, 0.15) is 0 Å². The summed E-state index contributed by atoms with van der Waals surface area (Å²) in [4.78, 5) is 0. The van der Waals surface area contributed by atoms with E-state index in [9.17, 15) is 0 Å². The zero-order valence-electron chi connectivity index (χ0n) is 7.20. The van der Waals surface area contributed by atoms with Crippen molar-refractivity contribution in [2.45, 2.75) is 9.06 Å². The Labute approximate surface area is 143 Å². The molecule has 0 fully saturated rings. The fraction of sp³-hybridized carbons (Fsp3) is 1.00. The van der Waals surface area contributed by atoms with Gasteiger partial charge in [-0.3, -0.25) is 0 Å². The second-order valence-corrected chi connectivity index (χ2v) is 2.32. The van der Waals surface area contributed by atoms with Gasteiger partial charge in [0, 0.05) is 0 Å². The van der Waals surface area contributed by atoms with Crippen molar-refractivity contribution in [1.29, 1.82) is 0 Å². The van der Waals surface area contributed by atoms with Crippen LogP contribution in [-0.2, 0) is 3.74 Å². The van der Waals surface area contributed by atoms with E-state index in [0.717, 1.165) is 0 Å². The molecule has 0 heterocycles. The van der Waals surface area contributed by atoms with E-state index in [1.165, 1.54) is 107 Å². The van der Waals surface area contributed by atoms with E-state index in [2.05, 4.69) is 9.06 Å². The molecule has 0 unspecified atom stereocenters. The predicted octanol–water partition coefficient (Wildman–Crippen LogP) is -3.46. The summed E-state index contributed by atoms with van der Waals surface area (Å²) in [7, 11) is 0. The first kappa shape index (κ1) is 24.3. The van der Waals surface area contributed by atoms with Crippen LogP contribution in [0.15, 0.2) is 0 Å². The molecule has 11 heavy (non-hydrogen) atoms. The van der Waals surface area contributed by atoms with Crippen molar-refractivity contribution >= 4 is 122 Å². The number of hydrogen-bond donors (Lipinski definition) is 0. The van der Waals surface area contributed by atoms with Crippen LogP contribution < -0.4 is 12.3 Å². The Morgan fingerprint density at radius 2 is 0.818 bits per heavy atom. The standard InChI is InChI=1S/3CH3.AsH3O4.3Ca/c;;;2-1(3,4)5;;;/h3*1H3;(H3,2,3,4,5);;;/q;;;;3*+1/p-3. The maximum atomic E-state index is 8.61.